The molecule has 2 aliphatic heterocycles. The standard InChI is InChI=1S/C24H32N4O4S2.ClH/c1-15(2)27-13-11-19-20(14-27)33-24(21(19)22(25)29)26-23(30)17-7-9-18(10-8-17)34(31,32)28-12-5-4-6-16(28)3;/h7-10,15-16H,4-6,11-14H2,1-3H3,(H2,25,29)(H,26,30);1H. The maximum Gasteiger partial charge on any atom is 0.256 e. The first kappa shape index (κ1) is 27.6. The number of hydrogen-bond donors (Lipinski definition) is 2. The van der Waals surface area contributed by atoms with Gasteiger partial charge in [0.2, 0.25) is 10.0 Å². The van der Waals surface area contributed by atoms with Crippen LogP contribution in [0.2, 0.25) is 0 Å². The van der Waals surface area contributed by atoms with Gasteiger partial charge in [-0.25, -0.2) is 8.42 Å². The number of halogens is 1. The van der Waals surface area contributed by atoms with Gasteiger partial charge in [-0.1, -0.05) is 6.42 Å². The molecule has 3 N–H and O–H groups in total. The molecule has 1 fully saturated rings. The van der Waals surface area contributed by atoms with Crippen molar-refractivity contribution >= 4 is 50.6 Å². The van der Waals surface area contributed by atoms with Crippen molar-refractivity contribution < 1.29 is 18.0 Å². The van der Waals surface area contributed by atoms with Crippen LogP contribution in [0.4, 0.5) is 5.00 Å². The van der Waals surface area contributed by atoms with E-state index in [-0.39, 0.29) is 23.3 Å². The van der Waals surface area contributed by atoms with Crippen LogP contribution in [-0.2, 0) is 23.0 Å². The zero-order valence-corrected chi connectivity index (χ0v) is 22.7. The van der Waals surface area contributed by atoms with Gasteiger partial charge >= 0.3 is 0 Å². The van der Waals surface area contributed by atoms with E-state index in [1.54, 1.807) is 4.31 Å². The van der Waals surface area contributed by atoms with Crippen molar-refractivity contribution in [2.24, 2.45) is 5.73 Å². The maximum atomic E-state index is 13.0. The van der Waals surface area contributed by atoms with Crippen LogP contribution in [0, 0.1) is 0 Å². The molecule has 1 unspecified atom stereocenters. The first-order valence-electron chi connectivity index (χ1n) is 11.7. The number of carbonyl (C=O) groups excluding carboxylic acids is 2. The molecule has 0 spiro atoms. The fourth-order valence-electron chi connectivity index (χ4n) is 4.73. The number of piperidine rings is 1. The summed E-state index contributed by atoms with van der Waals surface area (Å²) < 4.78 is 27.6. The Labute approximate surface area is 217 Å². The minimum atomic E-state index is -3.61. The van der Waals surface area contributed by atoms with Gasteiger partial charge in [0.05, 0.1) is 10.5 Å². The van der Waals surface area contributed by atoms with Crippen LogP contribution in [0.5, 0.6) is 0 Å². The van der Waals surface area contributed by atoms with E-state index < -0.39 is 21.8 Å². The summed E-state index contributed by atoms with van der Waals surface area (Å²) in [7, 11) is -3.61. The SMILES string of the molecule is CC(C)N1CCc2c(sc(NC(=O)c3ccc(S(=O)(=O)N4CCCCC4C)cc3)c2C(N)=O)C1.Cl. The van der Waals surface area contributed by atoms with Crippen LogP contribution in [-0.4, -0.2) is 54.6 Å². The van der Waals surface area contributed by atoms with E-state index in [1.807, 2.05) is 6.92 Å². The van der Waals surface area contributed by atoms with Crippen LogP contribution in [0.15, 0.2) is 29.2 Å². The molecule has 0 saturated carbocycles. The summed E-state index contributed by atoms with van der Waals surface area (Å²) in [4.78, 5) is 28.7. The molecular formula is C24H33ClN4O4S2. The molecule has 8 nitrogen and oxygen atoms in total. The average Bonchev–Trinajstić information content (AvgIpc) is 3.16. The molecule has 1 atom stereocenters. The molecule has 4 rings (SSSR count). The highest BCUT2D eigenvalue weighted by Gasteiger charge is 2.31. The van der Waals surface area contributed by atoms with E-state index in [2.05, 4.69) is 24.1 Å². The average molecular weight is 541 g/mol. The lowest BCUT2D eigenvalue weighted by atomic mass is 10.0. The highest BCUT2D eigenvalue weighted by Crippen LogP contribution is 2.37. The van der Waals surface area contributed by atoms with Crippen LogP contribution in [0.1, 0.15) is 71.2 Å². The fourth-order valence-corrected chi connectivity index (χ4v) is 7.70. The Bertz CT molecular complexity index is 1190. The number of hydrogen-bond acceptors (Lipinski definition) is 6. The Hall–Kier alpha value is -1.98. The number of sulfonamides is 1. The molecule has 1 aromatic heterocycles. The maximum absolute atomic E-state index is 13.0. The molecule has 3 heterocycles. The number of nitrogens with one attached hydrogen (secondary N) is 1. The molecule has 1 aromatic carbocycles. The molecule has 35 heavy (non-hydrogen) atoms. The summed E-state index contributed by atoms with van der Waals surface area (Å²) in [6.45, 7) is 8.25. The minimum absolute atomic E-state index is 0. The predicted molar refractivity (Wildman–Crippen MR) is 141 cm³/mol. The molecule has 1 saturated heterocycles. The summed E-state index contributed by atoms with van der Waals surface area (Å²) in [6.07, 6.45) is 3.44. The van der Waals surface area contributed by atoms with Crippen LogP contribution >= 0.6 is 23.7 Å². The second-order valence-electron chi connectivity index (χ2n) is 9.33. The van der Waals surface area contributed by atoms with Crippen molar-refractivity contribution in [3.05, 3.63) is 45.8 Å². The van der Waals surface area contributed by atoms with Gasteiger partial charge in [-0.05, 0) is 69.9 Å². The number of thiophene rings is 1. The summed E-state index contributed by atoms with van der Waals surface area (Å²) >= 11 is 1.38. The van der Waals surface area contributed by atoms with Gasteiger partial charge in [-0.15, -0.1) is 23.7 Å². The first-order chi connectivity index (χ1) is 16.1. The Kier molecular flexibility index (Phi) is 8.64. The van der Waals surface area contributed by atoms with Gasteiger partial charge in [0.1, 0.15) is 5.00 Å². The van der Waals surface area contributed by atoms with Crippen LogP contribution in [0.25, 0.3) is 0 Å². The number of nitrogens with two attached hydrogens (primary N) is 1. The Balaban J connectivity index is 0.00000342. The molecule has 0 aliphatic carbocycles. The first-order valence-corrected chi connectivity index (χ1v) is 14.0. The molecule has 2 amide bonds. The van der Waals surface area contributed by atoms with Gasteiger partial charge < -0.3 is 11.1 Å². The molecule has 11 heteroatoms. The smallest absolute Gasteiger partial charge is 0.256 e. The fraction of sp³-hybridized carbons (Fsp3) is 0.500. The molecular weight excluding hydrogens is 508 g/mol. The highest BCUT2D eigenvalue weighted by molar-refractivity contribution is 7.89. The monoisotopic (exact) mass is 540 g/mol. The van der Waals surface area contributed by atoms with E-state index in [0.717, 1.165) is 42.8 Å². The Morgan fingerprint density at radius 2 is 1.83 bits per heavy atom. The van der Waals surface area contributed by atoms with E-state index in [0.29, 0.717) is 35.1 Å². The van der Waals surface area contributed by atoms with Gasteiger partial charge in [0.25, 0.3) is 11.8 Å². The van der Waals surface area contributed by atoms with Gasteiger partial charge in [0.15, 0.2) is 0 Å². The lowest BCUT2D eigenvalue weighted by Gasteiger charge is -2.32. The van der Waals surface area contributed by atoms with Crippen molar-refractivity contribution in [2.75, 3.05) is 18.4 Å². The molecule has 2 aromatic rings. The number of rotatable bonds is 6. The summed E-state index contributed by atoms with van der Waals surface area (Å²) in [6, 6.07) is 6.31. The summed E-state index contributed by atoms with van der Waals surface area (Å²) in [5.74, 6) is -0.958. The van der Waals surface area contributed by atoms with Gasteiger partial charge in [-0.3, -0.25) is 14.5 Å². The number of benzene rings is 1. The third-order valence-electron chi connectivity index (χ3n) is 6.76. The number of carbonyl (C=O) groups is 2. The topological polar surface area (TPSA) is 113 Å². The highest BCUT2D eigenvalue weighted by atomic mass is 35.5. The van der Waals surface area contributed by atoms with Crippen molar-refractivity contribution in [1.82, 2.24) is 9.21 Å². The lowest BCUT2D eigenvalue weighted by molar-refractivity contribution is 0.0999. The zero-order valence-electron chi connectivity index (χ0n) is 20.2. The molecule has 192 valence electrons. The predicted octanol–water partition coefficient (Wildman–Crippen LogP) is 3.85. The quantitative estimate of drug-likeness (QED) is 0.578. The van der Waals surface area contributed by atoms with Gasteiger partial charge in [-0.2, -0.15) is 4.31 Å². The summed E-state index contributed by atoms with van der Waals surface area (Å²) in [5, 5.41) is 3.29. The Morgan fingerprint density at radius 1 is 1.14 bits per heavy atom. The van der Waals surface area contributed by atoms with Crippen molar-refractivity contribution in [1.29, 1.82) is 0 Å². The lowest BCUT2D eigenvalue weighted by Crippen LogP contribution is -2.41. The van der Waals surface area contributed by atoms with Crippen molar-refractivity contribution in [2.45, 2.75) is 70.0 Å². The third kappa shape index (κ3) is 5.56. The summed E-state index contributed by atoms with van der Waals surface area (Å²) in [5.41, 5.74) is 7.29. The van der Waals surface area contributed by atoms with Crippen molar-refractivity contribution in [3.63, 3.8) is 0 Å². The van der Waals surface area contributed by atoms with Crippen LogP contribution < -0.4 is 11.1 Å². The van der Waals surface area contributed by atoms with E-state index in [9.17, 15) is 18.0 Å². The number of anilines is 1. The minimum Gasteiger partial charge on any atom is -0.365 e. The number of fused-ring (bicyclic) bond motifs is 1. The molecule has 2 aliphatic rings. The normalized spacial score (nSPS) is 19.1. The van der Waals surface area contributed by atoms with E-state index in [1.165, 1.54) is 35.6 Å². The number of nitrogens with zero attached hydrogens (tertiary/aromatic N) is 2. The number of amides is 2. The zero-order chi connectivity index (χ0) is 24.6. The van der Waals surface area contributed by atoms with E-state index in [4.69, 9.17) is 5.73 Å². The second kappa shape index (κ2) is 11.0. The Morgan fingerprint density at radius 3 is 2.43 bits per heavy atom. The molecule has 0 radical (unpaired) electrons. The molecule has 0 bridgehead atoms. The van der Waals surface area contributed by atoms with Crippen LogP contribution in [0.3, 0.4) is 0 Å². The van der Waals surface area contributed by atoms with E-state index >= 15 is 0 Å². The van der Waals surface area contributed by atoms with Crippen molar-refractivity contribution in [3.8, 4) is 0 Å². The third-order valence-corrected chi connectivity index (χ3v) is 9.92. The van der Waals surface area contributed by atoms with Gasteiger partial charge in [0, 0.05) is 42.2 Å². The second-order valence-corrected chi connectivity index (χ2v) is 12.3. The number of primary amides is 1. The largest absolute Gasteiger partial charge is 0.365 e.